The molecule has 24 heavy (non-hydrogen) atoms. The van der Waals surface area contributed by atoms with Gasteiger partial charge in [-0.3, -0.25) is 14.8 Å². The number of carbonyl (C=O) groups excluding carboxylic acids is 2. The molecule has 5 nitrogen and oxygen atoms in total. The summed E-state index contributed by atoms with van der Waals surface area (Å²) in [7, 11) is 0. The number of hydrogen-bond acceptors (Lipinski definition) is 3. The van der Waals surface area contributed by atoms with Gasteiger partial charge in [0.1, 0.15) is 0 Å². The molecule has 0 aliphatic rings. The SMILES string of the molecule is O=C(NO)c1ccc(CNC(=O)c2cc(F)c(F)c(F)c2F)cc1. The molecule has 2 rings (SSSR count). The van der Waals surface area contributed by atoms with Crippen LogP contribution >= 0.6 is 0 Å². The molecule has 0 bridgehead atoms. The minimum Gasteiger partial charge on any atom is -0.348 e. The van der Waals surface area contributed by atoms with Crippen molar-refractivity contribution in [2.45, 2.75) is 6.54 Å². The van der Waals surface area contributed by atoms with E-state index < -0.39 is 40.6 Å². The highest BCUT2D eigenvalue weighted by Crippen LogP contribution is 2.18. The van der Waals surface area contributed by atoms with Gasteiger partial charge in [0.2, 0.25) is 0 Å². The standard InChI is InChI=1S/C15H10F4N2O3/c16-10-5-9(11(17)13(19)12(10)18)15(23)20-6-7-1-3-8(4-2-7)14(22)21-24/h1-5,24H,6H2,(H,20,23)(H,21,22). The van der Waals surface area contributed by atoms with Gasteiger partial charge in [-0.05, 0) is 23.8 Å². The second kappa shape index (κ2) is 7.09. The van der Waals surface area contributed by atoms with E-state index in [1.165, 1.54) is 29.7 Å². The van der Waals surface area contributed by atoms with Crippen LogP contribution in [0.2, 0.25) is 0 Å². The van der Waals surface area contributed by atoms with Crippen molar-refractivity contribution in [3.05, 3.63) is 70.3 Å². The Kier molecular flexibility index (Phi) is 5.14. The van der Waals surface area contributed by atoms with E-state index in [0.29, 0.717) is 5.56 Å². The van der Waals surface area contributed by atoms with Crippen LogP contribution in [-0.4, -0.2) is 17.0 Å². The maximum atomic E-state index is 13.5. The van der Waals surface area contributed by atoms with Crippen LogP contribution in [0.15, 0.2) is 30.3 Å². The van der Waals surface area contributed by atoms with Gasteiger partial charge in [-0.2, -0.15) is 0 Å². The van der Waals surface area contributed by atoms with E-state index in [1.807, 2.05) is 0 Å². The van der Waals surface area contributed by atoms with E-state index in [0.717, 1.165) is 0 Å². The van der Waals surface area contributed by atoms with Gasteiger partial charge in [0.05, 0.1) is 5.56 Å². The Morgan fingerprint density at radius 2 is 1.54 bits per heavy atom. The molecule has 2 aromatic carbocycles. The van der Waals surface area contributed by atoms with Crippen LogP contribution < -0.4 is 10.8 Å². The zero-order chi connectivity index (χ0) is 17.9. The van der Waals surface area contributed by atoms with Crippen molar-refractivity contribution < 1.29 is 32.4 Å². The van der Waals surface area contributed by atoms with Crippen molar-refractivity contribution in [3.8, 4) is 0 Å². The summed E-state index contributed by atoms with van der Waals surface area (Å²) >= 11 is 0. The van der Waals surface area contributed by atoms with E-state index in [1.54, 1.807) is 0 Å². The lowest BCUT2D eigenvalue weighted by Crippen LogP contribution is -2.25. The number of halogens is 4. The van der Waals surface area contributed by atoms with Crippen LogP contribution in [0.25, 0.3) is 0 Å². The highest BCUT2D eigenvalue weighted by atomic mass is 19.2. The normalized spacial score (nSPS) is 10.4. The molecule has 0 radical (unpaired) electrons. The van der Waals surface area contributed by atoms with Gasteiger partial charge in [-0.1, -0.05) is 12.1 Å². The molecule has 126 valence electrons. The van der Waals surface area contributed by atoms with Crippen molar-refractivity contribution in [1.82, 2.24) is 10.8 Å². The topological polar surface area (TPSA) is 78.4 Å². The van der Waals surface area contributed by atoms with Crippen LogP contribution in [0.1, 0.15) is 26.3 Å². The third-order valence-corrected chi connectivity index (χ3v) is 3.12. The molecular weight excluding hydrogens is 332 g/mol. The lowest BCUT2D eigenvalue weighted by molar-refractivity contribution is 0.0706. The van der Waals surface area contributed by atoms with Crippen molar-refractivity contribution in [3.63, 3.8) is 0 Å². The summed E-state index contributed by atoms with van der Waals surface area (Å²) in [6, 6.07) is 5.84. The lowest BCUT2D eigenvalue weighted by Gasteiger charge is -2.08. The van der Waals surface area contributed by atoms with Gasteiger partial charge >= 0.3 is 0 Å². The number of carbonyl (C=O) groups is 2. The Balaban J connectivity index is 2.10. The molecule has 2 amide bonds. The zero-order valence-corrected chi connectivity index (χ0v) is 11.9. The Morgan fingerprint density at radius 3 is 2.12 bits per heavy atom. The second-order valence-electron chi connectivity index (χ2n) is 4.67. The monoisotopic (exact) mass is 342 g/mol. The summed E-state index contributed by atoms with van der Waals surface area (Å²) in [5.41, 5.74) is 1.11. The highest BCUT2D eigenvalue weighted by molar-refractivity contribution is 5.94. The van der Waals surface area contributed by atoms with Gasteiger partial charge in [0.25, 0.3) is 11.8 Å². The van der Waals surface area contributed by atoms with Crippen molar-refractivity contribution in [2.24, 2.45) is 0 Å². The lowest BCUT2D eigenvalue weighted by atomic mass is 10.1. The smallest absolute Gasteiger partial charge is 0.274 e. The van der Waals surface area contributed by atoms with Gasteiger partial charge < -0.3 is 5.32 Å². The minimum absolute atomic E-state index is 0.139. The van der Waals surface area contributed by atoms with Crippen LogP contribution in [0.5, 0.6) is 0 Å². The molecule has 0 unspecified atom stereocenters. The van der Waals surface area contributed by atoms with Crippen molar-refractivity contribution >= 4 is 11.8 Å². The molecule has 0 fully saturated rings. The maximum Gasteiger partial charge on any atom is 0.274 e. The maximum absolute atomic E-state index is 13.5. The first-order valence-electron chi connectivity index (χ1n) is 6.49. The molecule has 3 N–H and O–H groups in total. The zero-order valence-electron chi connectivity index (χ0n) is 11.9. The second-order valence-corrected chi connectivity index (χ2v) is 4.67. The van der Waals surface area contributed by atoms with Crippen LogP contribution in [0.4, 0.5) is 17.6 Å². The average molecular weight is 342 g/mol. The molecule has 9 heteroatoms. The van der Waals surface area contributed by atoms with Gasteiger partial charge in [-0.15, -0.1) is 0 Å². The molecule has 0 aliphatic heterocycles. The molecule has 0 atom stereocenters. The number of benzene rings is 2. The Labute approximate surface area is 132 Å². The van der Waals surface area contributed by atoms with E-state index in [9.17, 15) is 27.2 Å². The largest absolute Gasteiger partial charge is 0.348 e. The third-order valence-electron chi connectivity index (χ3n) is 3.12. The third kappa shape index (κ3) is 3.51. The molecule has 0 saturated heterocycles. The average Bonchev–Trinajstić information content (AvgIpc) is 2.60. The molecule has 0 saturated carbocycles. The highest BCUT2D eigenvalue weighted by Gasteiger charge is 2.22. The van der Waals surface area contributed by atoms with Crippen LogP contribution in [-0.2, 0) is 6.54 Å². The number of rotatable bonds is 4. The summed E-state index contributed by atoms with van der Waals surface area (Å²) in [5.74, 6) is -9.41. The fourth-order valence-corrected chi connectivity index (χ4v) is 1.85. The molecule has 0 aromatic heterocycles. The molecule has 0 heterocycles. The first kappa shape index (κ1) is 17.4. The van der Waals surface area contributed by atoms with Crippen molar-refractivity contribution in [2.75, 3.05) is 0 Å². The van der Waals surface area contributed by atoms with Gasteiger partial charge in [0, 0.05) is 12.1 Å². The van der Waals surface area contributed by atoms with Crippen molar-refractivity contribution in [1.29, 1.82) is 0 Å². The van der Waals surface area contributed by atoms with E-state index >= 15 is 0 Å². The fourth-order valence-electron chi connectivity index (χ4n) is 1.85. The minimum atomic E-state index is -2.07. The van der Waals surface area contributed by atoms with E-state index in [-0.39, 0.29) is 18.2 Å². The van der Waals surface area contributed by atoms with E-state index in [4.69, 9.17) is 5.21 Å². The molecule has 0 aliphatic carbocycles. The summed E-state index contributed by atoms with van der Waals surface area (Å²) in [6.45, 7) is -0.139. The predicted molar refractivity (Wildman–Crippen MR) is 73.1 cm³/mol. The first-order chi connectivity index (χ1) is 11.3. The summed E-state index contributed by atoms with van der Waals surface area (Å²) in [6.07, 6.45) is 0. The summed E-state index contributed by atoms with van der Waals surface area (Å²) in [4.78, 5) is 22.9. The summed E-state index contributed by atoms with van der Waals surface area (Å²) < 4.78 is 52.5. The predicted octanol–water partition coefficient (Wildman–Crippen LogP) is 2.29. The molecular formula is C15H10F4N2O3. The number of hydroxylamine groups is 1. The van der Waals surface area contributed by atoms with Gasteiger partial charge in [-0.25, -0.2) is 23.0 Å². The fraction of sp³-hybridized carbons (Fsp3) is 0.0667. The number of hydrogen-bond donors (Lipinski definition) is 3. The first-order valence-corrected chi connectivity index (χ1v) is 6.49. The molecule has 2 aromatic rings. The summed E-state index contributed by atoms with van der Waals surface area (Å²) in [5, 5.41) is 10.7. The van der Waals surface area contributed by atoms with Crippen LogP contribution in [0.3, 0.4) is 0 Å². The van der Waals surface area contributed by atoms with Crippen LogP contribution in [0, 0.1) is 23.3 Å². The van der Waals surface area contributed by atoms with E-state index in [2.05, 4.69) is 5.32 Å². The quantitative estimate of drug-likeness (QED) is 0.262. The Bertz CT molecular complexity index is 794. The number of amides is 2. The number of nitrogens with one attached hydrogen (secondary N) is 2. The Morgan fingerprint density at radius 1 is 0.917 bits per heavy atom. The molecule has 0 spiro atoms. The Hall–Kier alpha value is -2.94. The van der Waals surface area contributed by atoms with Gasteiger partial charge in [0.15, 0.2) is 23.3 Å².